The number of fused-ring (bicyclic) bond motifs is 1. The van der Waals surface area contributed by atoms with Crippen LogP contribution in [-0.4, -0.2) is 9.55 Å². The highest BCUT2D eigenvalue weighted by atomic mass is 15.0. The van der Waals surface area contributed by atoms with Crippen molar-refractivity contribution in [3.05, 3.63) is 30.1 Å². The average Bonchev–Trinajstić information content (AvgIpc) is 2.46. The van der Waals surface area contributed by atoms with Gasteiger partial charge < -0.3 is 4.57 Å². The number of rotatable bonds is 0. The van der Waals surface area contributed by atoms with Crippen molar-refractivity contribution in [3.8, 4) is 0 Å². The van der Waals surface area contributed by atoms with Gasteiger partial charge in [0.2, 0.25) is 0 Å². The maximum absolute atomic E-state index is 4.23. The highest BCUT2D eigenvalue weighted by molar-refractivity contribution is 5.76. The molecule has 2 nitrogen and oxygen atoms in total. The highest BCUT2D eigenvalue weighted by Gasteiger charge is 2.14. The summed E-state index contributed by atoms with van der Waals surface area (Å²) >= 11 is 0. The lowest BCUT2D eigenvalue weighted by Crippen LogP contribution is -2.10. The Kier molecular flexibility index (Phi) is 1.88. The van der Waals surface area contributed by atoms with E-state index in [4.69, 9.17) is 0 Å². The topological polar surface area (TPSA) is 17.8 Å². The SMILES string of the molecule is Cn1[c]nc2cc(C(C)(C)C)ccc21. The van der Waals surface area contributed by atoms with E-state index in [2.05, 4.69) is 50.3 Å². The summed E-state index contributed by atoms with van der Waals surface area (Å²) in [5.41, 5.74) is 3.67. The van der Waals surface area contributed by atoms with Gasteiger partial charge in [-0.05, 0) is 23.1 Å². The zero-order valence-electron chi connectivity index (χ0n) is 9.13. The number of aryl methyl sites for hydroxylation is 1. The van der Waals surface area contributed by atoms with E-state index >= 15 is 0 Å². The molecule has 1 aromatic heterocycles. The number of benzene rings is 1. The van der Waals surface area contributed by atoms with Gasteiger partial charge in [0, 0.05) is 7.05 Å². The molecule has 0 unspecified atom stereocenters. The summed E-state index contributed by atoms with van der Waals surface area (Å²) < 4.78 is 1.92. The van der Waals surface area contributed by atoms with Crippen LogP contribution < -0.4 is 0 Å². The average molecular weight is 187 g/mol. The van der Waals surface area contributed by atoms with Gasteiger partial charge in [0.1, 0.15) is 0 Å². The summed E-state index contributed by atoms with van der Waals surface area (Å²) in [4.78, 5) is 4.23. The van der Waals surface area contributed by atoms with E-state index in [9.17, 15) is 0 Å². The summed E-state index contributed by atoms with van der Waals surface area (Å²) in [5, 5.41) is 0. The Labute approximate surface area is 84.6 Å². The van der Waals surface area contributed by atoms with Crippen molar-refractivity contribution in [1.29, 1.82) is 0 Å². The minimum Gasteiger partial charge on any atom is -0.324 e. The van der Waals surface area contributed by atoms with Crippen LogP contribution in [0.25, 0.3) is 11.0 Å². The molecule has 0 amide bonds. The quantitative estimate of drug-likeness (QED) is 0.620. The van der Waals surface area contributed by atoms with E-state index in [1.54, 1.807) is 0 Å². The largest absolute Gasteiger partial charge is 0.324 e. The van der Waals surface area contributed by atoms with Crippen LogP contribution in [0.3, 0.4) is 0 Å². The molecule has 0 spiro atoms. The smallest absolute Gasteiger partial charge is 0.177 e. The summed E-state index contributed by atoms with van der Waals surface area (Å²) in [6.07, 6.45) is 2.92. The number of hydrogen-bond donors (Lipinski definition) is 0. The van der Waals surface area contributed by atoms with Crippen molar-refractivity contribution < 1.29 is 0 Å². The lowest BCUT2D eigenvalue weighted by molar-refractivity contribution is 0.591. The fourth-order valence-corrected chi connectivity index (χ4v) is 1.55. The molecule has 0 fully saturated rings. The van der Waals surface area contributed by atoms with Gasteiger partial charge in [-0.15, -0.1) is 0 Å². The van der Waals surface area contributed by atoms with Crippen molar-refractivity contribution in [2.75, 3.05) is 0 Å². The summed E-state index contributed by atoms with van der Waals surface area (Å²) in [6.45, 7) is 6.63. The Morgan fingerprint density at radius 1 is 1.29 bits per heavy atom. The molecule has 14 heavy (non-hydrogen) atoms. The van der Waals surface area contributed by atoms with Crippen molar-refractivity contribution in [2.24, 2.45) is 7.05 Å². The second-order valence-corrected chi connectivity index (χ2v) is 4.72. The van der Waals surface area contributed by atoms with Crippen molar-refractivity contribution in [3.63, 3.8) is 0 Å². The lowest BCUT2D eigenvalue weighted by Gasteiger charge is -2.18. The molecular weight excluding hydrogens is 172 g/mol. The predicted molar refractivity (Wildman–Crippen MR) is 58.3 cm³/mol. The van der Waals surface area contributed by atoms with E-state index in [1.165, 1.54) is 5.56 Å². The van der Waals surface area contributed by atoms with Gasteiger partial charge in [0.05, 0.1) is 11.0 Å². The van der Waals surface area contributed by atoms with Crippen molar-refractivity contribution in [2.45, 2.75) is 26.2 Å². The third-order valence-electron chi connectivity index (χ3n) is 2.52. The molecule has 0 atom stereocenters. The molecule has 0 saturated carbocycles. The molecule has 1 aromatic carbocycles. The zero-order chi connectivity index (χ0) is 10.3. The Balaban J connectivity index is 2.63. The van der Waals surface area contributed by atoms with E-state index in [-0.39, 0.29) is 5.41 Å². The van der Waals surface area contributed by atoms with E-state index in [0.717, 1.165) is 11.0 Å². The Morgan fingerprint density at radius 2 is 2.00 bits per heavy atom. The van der Waals surface area contributed by atoms with E-state index in [1.807, 2.05) is 11.6 Å². The molecule has 1 heterocycles. The van der Waals surface area contributed by atoms with Gasteiger partial charge in [0.25, 0.3) is 0 Å². The number of aromatic nitrogens is 2. The Bertz CT molecular complexity index is 461. The maximum Gasteiger partial charge on any atom is 0.177 e. The molecule has 0 bridgehead atoms. The predicted octanol–water partition coefficient (Wildman–Crippen LogP) is 2.67. The number of imidazole rings is 1. The number of hydrogen-bond acceptors (Lipinski definition) is 1. The second kappa shape index (κ2) is 2.84. The second-order valence-electron chi connectivity index (χ2n) is 4.72. The van der Waals surface area contributed by atoms with Gasteiger partial charge in [-0.3, -0.25) is 0 Å². The lowest BCUT2D eigenvalue weighted by atomic mass is 9.87. The molecule has 0 aliphatic carbocycles. The van der Waals surface area contributed by atoms with Crippen LogP contribution in [0.15, 0.2) is 18.2 Å². The summed E-state index contributed by atoms with van der Waals surface area (Å²) in [5.74, 6) is 0. The van der Waals surface area contributed by atoms with Gasteiger partial charge in [0.15, 0.2) is 6.33 Å². The van der Waals surface area contributed by atoms with Crippen LogP contribution in [0.4, 0.5) is 0 Å². The third kappa shape index (κ3) is 1.41. The minimum absolute atomic E-state index is 0.186. The third-order valence-corrected chi connectivity index (χ3v) is 2.52. The first-order valence-electron chi connectivity index (χ1n) is 4.83. The van der Waals surface area contributed by atoms with Crippen LogP contribution in [0.2, 0.25) is 0 Å². The van der Waals surface area contributed by atoms with Crippen LogP contribution in [0, 0.1) is 6.33 Å². The maximum atomic E-state index is 4.23. The molecule has 0 aliphatic heterocycles. The normalized spacial score (nSPS) is 12.3. The van der Waals surface area contributed by atoms with Crippen LogP contribution in [0.5, 0.6) is 0 Å². The highest BCUT2D eigenvalue weighted by Crippen LogP contribution is 2.24. The van der Waals surface area contributed by atoms with Crippen LogP contribution >= 0.6 is 0 Å². The monoisotopic (exact) mass is 187 g/mol. The molecule has 2 aromatic rings. The molecule has 0 aliphatic rings. The molecule has 0 N–H and O–H groups in total. The first-order valence-corrected chi connectivity index (χ1v) is 4.83. The standard InChI is InChI=1S/C12H15N2/c1-12(2,3)9-5-6-11-10(7-9)13-8-14(11)4/h5-7H,1-4H3. The van der Waals surface area contributed by atoms with Crippen LogP contribution in [0.1, 0.15) is 26.3 Å². The van der Waals surface area contributed by atoms with E-state index in [0.29, 0.717) is 0 Å². The molecule has 73 valence electrons. The molecular formula is C12H15N2. The van der Waals surface area contributed by atoms with Crippen molar-refractivity contribution in [1.82, 2.24) is 9.55 Å². The summed E-state index contributed by atoms with van der Waals surface area (Å²) in [7, 11) is 1.96. The zero-order valence-corrected chi connectivity index (χ0v) is 9.13. The number of nitrogens with zero attached hydrogens (tertiary/aromatic N) is 2. The first kappa shape index (κ1) is 9.25. The molecule has 1 radical (unpaired) electrons. The molecule has 2 rings (SSSR count). The van der Waals surface area contributed by atoms with Gasteiger partial charge >= 0.3 is 0 Å². The minimum atomic E-state index is 0.186. The fourth-order valence-electron chi connectivity index (χ4n) is 1.55. The first-order chi connectivity index (χ1) is 6.48. The van der Waals surface area contributed by atoms with Gasteiger partial charge in [-0.2, -0.15) is 0 Å². The molecule has 0 saturated heterocycles. The van der Waals surface area contributed by atoms with Crippen molar-refractivity contribution >= 4 is 11.0 Å². The fraction of sp³-hybridized carbons (Fsp3) is 0.417. The summed E-state index contributed by atoms with van der Waals surface area (Å²) in [6, 6.07) is 6.42. The molecule has 2 heteroatoms. The van der Waals surface area contributed by atoms with Crippen LogP contribution in [-0.2, 0) is 12.5 Å². The Morgan fingerprint density at radius 3 is 2.64 bits per heavy atom. The van der Waals surface area contributed by atoms with Gasteiger partial charge in [-0.25, -0.2) is 4.98 Å². The Hall–Kier alpha value is -1.31. The van der Waals surface area contributed by atoms with Gasteiger partial charge in [-0.1, -0.05) is 26.8 Å². The van der Waals surface area contributed by atoms with E-state index < -0.39 is 0 Å².